The summed E-state index contributed by atoms with van der Waals surface area (Å²) in [6, 6.07) is 12.3. The number of likely N-dealkylation sites (tertiary alicyclic amines) is 2. The molecule has 4 aliphatic heterocycles. The molecule has 0 bridgehead atoms. The molecule has 0 saturated carbocycles. The molecule has 2 N–H and O–H groups in total. The first-order valence-corrected chi connectivity index (χ1v) is 19.5. The van der Waals surface area contributed by atoms with Gasteiger partial charge in [0.2, 0.25) is 11.8 Å². The lowest BCUT2D eigenvalue weighted by atomic mass is 9.79. The molecule has 1 spiro atoms. The van der Waals surface area contributed by atoms with Crippen molar-refractivity contribution in [3.8, 4) is 28.1 Å². The number of halogens is 4. The number of fused-ring (bicyclic) bond motifs is 1. The van der Waals surface area contributed by atoms with Gasteiger partial charge in [-0.1, -0.05) is 47.5 Å². The lowest BCUT2D eigenvalue weighted by molar-refractivity contribution is -0.130. The van der Waals surface area contributed by atoms with Crippen LogP contribution in [0.15, 0.2) is 48.7 Å². The predicted octanol–water partition coefficient (Wildman–Crippen LogP) is 6.00. The van der Waals surface area contributed by atoms with E-state index in [0.717, 1.165) is 50.3 Å². The largest absolute Gasteiger partial charge is 0.434 e. The van der Waals surface area contributed by atoms with E-state index in [1.807, 2.05) is 16.5 Å². The Labute approximate surface area is 333 Å². The van der Waals surface area contributed by atoms with Crippen molar-refractivity contribution in [3.05, 3.63) is 81.5 Å². The molecule has 0 unspecified atom stereocenters. The highest BCUT2D eigenvalue weighted by atomic mass is 35.5. The van der Waals surface area contributed by atoms with Gasteiger partial charge in [0.15, 0.2) is 5.82 Å². The van der Waals surface area contributed by atoms with Crippen LogP contribution in [0.3, 0.4) is 0 Å². The zero-order chi connectivity index (χ0) is 39.3. The van der Waals surface area contributed by atoms with Gasteiger partial charge in [-0.25, -0.2) is 4.98 Å². The van der Waals surface area contributed by atoms with Crippen LogP contribution in [0.5, 0.6) is 5.75 Å². The first kappa shape index (κ1) is 38.3. The zero-order valence-corrected chi connectivity index (χ0v) is 32.6. The predicted molar refractivity (Wildman–Crippen MR) is 208 cm³/mol. The molecule has 0 aliphatic carbocycles. The first-order valence-electron chi connectivity index (χ1n) is 18.7. The number of carbonyl (C=O) groups is 3. The van der Waals surface area contributed by atoms with E-state index in [9.17, 15) is 23.2 Å². The summed E-state index contributed by atoms with van der Waals surface area (Å²) in [5.74, 6) is 0.0361. The number of carbonyl (C=O) groups excluding carboxylic acids is 3. The molecule has 4 aromatic rings. The van der Waals surface area contributed by atoms with E-state index in [2.05, 4.69) is 25.4 Å². The molecular formula is C40H42Cl2F2N8O4. The van der Waals surface area contributed by atoms with Crippen LogP contribution < -0.4 is 15.4 Å². The van der Waals surface area contributed by atoms with Gasteiger partial charge >= 0.3 is 6.61 Å². The van der Waals surface area contributed by atoms with Crippen LogP contribution in [0.4, 0.5) is 14.5 Å². The summed E-state index contributed by atoms with van der Waals surface area (Å²) in [4.78, 5) is 53.0. The van der Waals surface area contributed by atoms with Gasteiger partial charge in [0.25, 0.3) is 5.91 Å². The highest BCUT2D eigenvalue weighted by Crippen LogP contribution is 2.43. The van der Waals surface area contributed by atoms with Crippen LogP contribution in [0.25, 0.3) is 22.4 Å². The van der Waals surface area contributed by atoms with Gasteiger partial charge in [-0.2, -0.15) is 8.78 Å². The number of nitrogens with zero attached hydrogens (tertiary/aromatic N) is 6. The molecule has 2 aromatic heterocycles. The minimum absolute atomic E-state index is 0.0174. The third-order valence-corrected chi connectivity index (χ3v) is 12.4. The average molecular weight is 808 g/mol. The van der Waals surface area contributed by atoms with Crippen LogP contribution in [-0.2, 0) is 36.1 Å². The van der Waals surface area contributed by atoms with E-state index < -0.39 is 12.5 Å². The monoisotopic (exact) mass is 806 g/mol. The van der Waals surface area contributed by atoms with Crippen LogP contribution in [-0.4, -0.2) is 98.9 Å². The smallest absolute Gasteiger partial charge is 0.387 e. The summed E-state index contributed by atoms with van der Waals surface area (Å²) in [6.07, 6.45) is 4.62. The van der Waals surface area contributed by atoms with Crippen molar-refractivity contribution in [2.24, 2.45) is 12.5 Å². The van der Waals surface area contributed by atoms with Gasteiger partial charge in [-0.15, -0.1) is 0 Å². The summed E-state index contributed by atoms with van der Waals surface area (Å²) in [6.45, 7) is 3.94. The Morgan fingerprint density at radius 1 is 1.07 bits per heavy atom. The van der Waals surface area contributed by atoms with Gasteiger partial charge in [-0.3, -0.25) is 29.2 Å². The number of hydrogen-bond acceptors (Lipinski definition) is 8. The highest BCUT2D eigenvalue weighted by Gasteiger charge is 2.48. The fourth-order valence-corrected chi connectivity index (χ4v) is 9.34. The average Bonchev–Trinajstić information content (AvgIpc) is 3.72. The zero-order valence-electron chi connectivity index (χ0n) is 31.1. The molecule has 4 aliphatic rings. The molecule has 2 aromatic carbocycles. The molecule has 3 fully saturated rings. The Bertz CT molecular complexity index is 2200. The maximum absolute atomic E-state index is 13.7. The number of ether oxygens (including phenoxy) is 1. The van der Waals surface area contributed by atoms with Crippen molar-refractivity contribution in [2.75, 3.05) is 44.6 Å². The normalized spacial score (nSPS) is 18.6. The molecule has 8 rings (SSSR count). The molecule has 0 radical (unpaired) electrons. The molecule has 3 amide bonds. The number of amides is 3. The third-order valence-electron chi connectivity index (χ3n) is 11.6. The molecule has 0 atom stereocenters. The van der Waals surface area contributed by atoms with Gasteiger partial charge < -0.3 is 24.8 Å². The van der Waals surface area contributed by atoms with Crippen molar-refractivity contribution in [2.45, 2.75) is 58.3 Å². The van der Waals surface area contributed by atoms with Gasteiger partial charge in [0.05, 0.1) is 27.1 Å². The summed E-state index contributed by atoms with van der Waals surface area (Å²) >= 11 is 14.0. The lowest BCUT2D eigenvalue weighted by Gasteiger charge is -2.47. The molecule has 3 saturated heterocycles. The molecule has 294 valence electrons. The van der Waals surface area contributed by atoms with E-state index in [-0.39, 0.29) is 38.8 Å². The molecular weight excluding hydrogens is 765 g/mol. The standard InChI is InChI=1S/C40H42Cl2F2N8O4/c1-23(53)51-13-9-26(10-14-51)52-15-11-31-30(19-52)47-37(49(31)2)38(55)48-29-5-3-4-27(34(29)41)28-8-12-45-36(35(28)42)24-6-7-25(32(16-24)56-39(43)44)18-50-21-40(22-50)17-33(54)46-20-40/h3-8,12,16,26,39H,9-11,13-15,17-22H2,1-2H3,(H,46,54)(H,48,55). The van der Waals surface area contributed by atoms with Crippen LogP contribution in [0, 0.1) is 5.41 Å². The molecule has 6 heterocycles. The number of benzene rings is 2. The van der Waals surface area contributed by atoms with Crippen LogP contribution in [0.2, 0.25) is 10.0 Å². The Kier molecular flexibility index (Phi) is 10.5. The molecule has 56 heavy (non-hydrogen) atoms. The Morgan fingerprint density at radius 2 is 1.84 bits per heavy atom. The maximum atomic E-state index is 13.7. The van der Waals surface area contributed by atoms with E-state index >= 15 is 0 Å². The van der Waals surface area contributed by atoms with E-state index in [0.29, 0.717) is 78.8 Å². The fraction of sp³-hybridized carbons (Fsp3) is 0.425. The number of anilines is 1. The summed E-state index contributed by atoms with van der Waals surface area (Å²) in [5, 5.41) is 6.32. The second-order valence-corrected chi connectivity index (χ2v) is 16.0. The Balaban J connectivity index is 0.986. The quantitative estimate of drug-likeness (QED) is 0.211. The number of pyridine rings is 1. The number of aromatic nitrogens is 3. The minimum atomic E-state index is -3.04. The second kappa shape index (κ2) is 15.4. The summed E-state index contributed by atoms with van der Waals surface area (Å²) < 4.78 is 34.0. The van der Waals surface area contributed by atoms with E-state index in [1.165, 1.54) is 6.07 Å². The fourth-order valence-electron chi connectivity index (χ4n) is 8.75. The SMILES string of the molecule is CC(=O)N1CCC(N2CCc3c(nc(C(=O)Nc4cccc(-c5ccnc(-c6ccc(CN7CC8(CNC(=O)C8)C7)c(OC(F)F)c6)c5Cl)c4Cl)n3C)C2)CC1. The van der Waals surface area contributed by atoms with Crippen molar-refractivity contribution < 1.29 is 27.9 Å². The van der Waals surface area contributed by atoms with Gasteiger partial charge in [0, 0.05) is 125 Å². The number of alkyl halides is 2. The van der Waals surface area contributed by atoms with Crippen LogP contribution >= 0.6 is 23.2 Å². The van der Waals surface area contributed by atoms with Crippen molar-refractivity contribution in [1.82, 2.24) is 34.6 Å². The van der Waals surface area contributed by atoms with Crippen molar-refractivity contribution >= 4 is 46.6 Å². The molecule has 12 nitrogen and oxygen atoms in total. The number of nitrogens with one attached hydrogen (secondary N) is 2. The number of imidazole rings is 1. The topological polar surface area (TPSA) is 125 Å². The van der Waals surface area contributed by atoms with Gasteiger partial charge in [-0.05, 0) is 31.0 Å². The number of rotatable bonds is 9. The Morgan fingerprint density at radius 3 is 2.55 bits per heavy atom. The van der Waals surface area contributed by atoms with E-state index in [4.69, 9.17) is 32.9 Å². The lowest BCUT2D eigenvalue weighted by Crippen LogP contribution is -2.56. The number of hydrogen-bond donors (Lipinski definition) is 2. The molecule has 16 heteroatoms. The maximum Gasteiger partial charge on any atom is 0.387 e. The summed E-state index contributed by atoms with van der Waals surface area (Å²) in [7, 11) is 1.85. The number of piperidine rings is 1. The third kappa shape index (κ3) is 7.47. The van der Waals surface area contributed by atoms with E-state index in [1.54, 1.807) is 49.5 Å². The minimum Gasteiger partial charge on any atom is -0.434 e. The van der Waals surface area contributed by atoms with Crippen molar-refractivity contribution in [1.29, 1.82) is 0 Å². The highest BCUT2D eigenvalue weighted by molar-refractivity contribution is 6.39. The first-order chi connectivity index (χ1) is 26.9. The van der Waals surface area contributed by atoms with Gasteiger partial charge in [0.1, 0.15) is 5.75 Å². The van der Waals surface area contributed by atoms with Crippen LogP contribution in [0.1, 0.15) is 53.8 Å². The summed E-state index contributed by atoms with van der Waals surface area (Å²) in [5.41, 5.74) is 4.63. The Hall–Kier alpha value is -4.63. The second-order valence-electron chi connectivity index (χ2n) is 15.3. The van der Waals surface area contributed by atoms with Crippen molar-refractivity contribution in [3.63, 3.8) is 0 Å².